The van der Waals surface area contributed by atoms with E-state index < -0.39 is 5.97 Å². The summed E-state index contributed by atoms with van der Waals surface area (Å²) in [6.45, 7) is 0. The van der Waals surface area contributed by atoms with Gasteiger partial charge in [-0.2, -0.15) is 10.2 Å². The molecule has 0 fully saturated rings. The summed E-state index contributed by atoms with van der Waals surface area (Å²) in [5, 5.41) is 18.0. The lowest BCUT2D eigenvalue weighted by atomic mass is 10.2. The second kappa shape index (κ2) is 3.41. The normalized spacial score (nSPS) is 14.1. The molecule has 2 rings (SSSR count). The lowest BCUT2D eigenvalue weighted by Gasteiger charge is -1.90. The van der Waals surface area contributed by atoms with Crippen LogP contribution in [0.25, 0.3) is 12.2 Å². The fourth-order valence-corrected chi connectivity index (χ4v) is 1.32. The van der Waals surface area contributed by atoms with Crippen LogP contribution in [0.15, 0.2) is 24.0 Å². The average molecular weight is 188 g/mol. The predicted octanol–water partition coefficient (Wildman–Crippen LogP) is -0.548. The molecule has 0 unspecified atom stereocenters. The van der Waals surface area contributed by atoms with Crippen molar-refractivity contribution in [3.8, 4) is 0 Å². The average Bonchev–Trinajstić information content (AvgIpc) is 2.39. The van der Waals surface area contributed by atoms with Crippen molar-refractivity contribution in [2.45, 2.75) is 6.42 Å². The number of aromatic nitrogens is 2. The number of aliphatic carboxylic acids is 1. The van der Waals surface area contributed by atoms with Gasteiger partial charge in [0.05, 0.1) is 18.0 Å². The van der Waals surface area contributed by atoms with Gasteiger partial charge in [0, 0.05) is 5.22 Å². The van der Waals surface area contributed by atoms with Crippen LogP contribution in [-0.4, -0.2) is 21.3 Å². The molecule has 70 valence electrons. The first kappa shape index (κ1) is 8.62. The van der Waals surface area contributed by atoms with E-state index in [-0.39, 0.29) is 0 Å². The molecule has 1 aromatic rings. The number of carboxylic acid groups (broad SMARTS) is 1. The molecule has 1 aliphatic carbocycles. The van der Waals surface area contributed by atoms with Gasteiger partial charge >= 0.3 is 5.97 Å². The maximum absolute atomic E-state index is 10.8. The zero-order chi connectivity index (χ0) is 9.97. The van der Waals surface area contributed by atoms with Crippen molar-refractivity contribution in [2.24, 2.45) is 0 Å². The molecule has 1 heterocycles. The van der Waals surface area contributed by atoms with Gasteiger partial charge in [-0.25, -0.2) is 4.79 Å². The first-order valence-electron chi connectivity index (χ1n) is 4.19. The standard InChI is InChI=1S/C10H8N2O2/c13-10(14)7-2-1-3-8-5-11-12-6-9(8)4-7/h2-6H,1H2,(H,13,14). The number of nitrogens with zero attached hydrogens (tertiary/aromatic N) is 2. The van der Waals surface area contributed by atoms with Gasteiger partial charge in [0.15, 0.2) is 0 Å². The fourth-order valence-electron chi connectivity index (χ4n) is 1.32. The number of carbonyl (C=O) groups is 1. The zero-order valence-electron chi connectivity index (χ0n) is 7.34. The molecule has 0 saturated carbocycles. The zero-order valence-corrected chi connectivity index (χ0v) is 7.34. The minimum Gasteiger partial charge on any atom is -0.478 e. The summed E-state index contributed by atoms with van der Waals surface area (Å²) in [6, 6.07) is 0. The highest BCUT2D eigenvalue weighted by molar-refractivity contribution is 5.96. The summed E-state index contributed by atoms with van der Waals surface area (Å²) in [5.74, 6) is -0.914. The lowest BCUT2D eigenvalue weighted by Crippen LogP contribution is -2.25. The highest BCUT2D eigenvalue weighted by Gasteiger charge is 2.04. The Hall–Kier alpha value is -1.97. The van der Waals surface area contributed by atoms with Crippen LogP contribution in [0, 0.1) is 0 Å². The molecule has 0 spiro atoms. The summed E-state index contributed by atoms with van der Waals surface area (Å²) in [7, 11) is 0. The number of carboxylic acids is 1. The van der Waals surface area contributed by atoms with E-state index in [1.54, 1.807) is 24.5 Å². The Labute approximate surface area is 79.9 Å². The first-order valence-corrected chi connectivity index (χ1v) is 4.19. The van der Waals surface area contributed by atoms with Gasteiger partial charge in [0.25, 0.3) is 0 Å². The van der Waals surface area contributed by atoms with Gasteiger partial charge in [-0.05, 0) is 17.7 Å². The van der Waals surface area contributed by atoms with E-state index in [0.29, 0.717) is 12.0 Å². The smallest absolute Gasteiger partial charge is 0.335 e. The molecule has 0 aliphatic heterocycles. The summed E-state index contributed by atoms with van der Waals surface area (Å²) in [5.41, 5.74) is 0.299. The Kier molecular flexibility index (Phi) is 2.10. The molecule has 0 radical (unpaired) electrons. The number of hydrogen-bond acceptors (Lipinski definition) is 3. The second-order valence-corrected chi connectivity index (χ2v) is 2.95. The summed E-state index contributed by atoms with van der Waals surface area (Å²) in [4.78, 5) is 10.8. The Balaban J connectivity index is 2.65. The lowest BCUT2D eigenvalue weighted by molar-refractivity contribution is -0.132. The van der Waals surface area contributed by atoms with Gasteiger partial charge in [0.2, 0.25) is 0 Å². The molecule has 1 aliphatic rings. The Morgan fingerprint density at radius 2 is 1.93 bits per heavy atom. The van der Waals surface area contributed by atoms with Crippen molar-refractivity contribution in [3.63, 3.8) is 0 Å². The van der Waals surface area contributed by atoms with Crippen LogP contribution in [-0.2, 0) is 4.79 Å². The molecule has 0 atom stereocenters. The van der Waals surface area contributed by atoms with Crippen molar-refractivity contribution in [1.29, 1.82) is 0 Å². The molecule has 1 aromatic heterocycles. The van der Waals surface area contributed by atoms with Crippen molar-refractivity contribution in [1.82, 2.24) is 10.2 Å². The molecule has 1 N–H and O–H groups in total. The van der Waals surface area contributed by atoms with Crippen LogP contribution in [0.5, 0.6) is 0 Å². The van der Waals surface area contributed by atoms with Crippen LogP contribution in [0.1, 0.15) is 6.42 Å². The monoisotopic (exact) mass is 188 g/mol. The van der Waals surface area contributed by atoms with Crippen molar-refractivity contribution in [2.75, 3.05) is 0 Å². The number of allylic oxidation sites excluding steroid dienone is 1. The van der Waals surface area contributed by atoms with E-state index in [1.807, 2.05) is 6.08 Å². The minimum atomic E-state index is -0.914. The highest BCUT2D eigenvalue weighted by atomic mass is 16.4. The van der Waals surface area contributed by atoms with E-state index in [9.17, 15) is 4.79 Å². The van der Waals surface area contributed by atoms with Crippen LogP contribution >= 0.6 is 0 Å². The highest BCUT2D eigenvalue weighted by Crippen LogP contribution is 2.01. The van der Waals surface area contributed by atoms with Crippen molar-refractivity contribution in [3.05, 3.63) is 34.5 Å². The van der Waals surface area contributed by atoms with Gasteiger partial charge < -0.3 is 5.11 Å². The van der Waals surface area contributed by atoms with Gasteiger partial charge in [-0.1, -0.05) is 12.2 Å². The summed E-state index contributed by atoms with van der Waals surface area (Å²) < 4.78 is 0. The Bertz CT molecular complexity index is 517. The van der Waals surface area contributed by atoms with Gasteiger partial charge in [-0.15, -0.1) is 0 Å². The predicted molar refractivity (Wildman–Crippen MR) is 50.5 cm³/mol. The number of rotatable bonds is 1. The molecule has 0 saturated heterocycles. The SMILES string of the molecule is O=C(O)C1=CCC=c2cnncc2=C1. The molecule has 4 heteroatoms. The first-order chi connectivity index (χ1) is 6.77. The van der Waals surface area contributed by atoms with E-state index in [1.165, 1.54) is 0 Å². The summed E-state index contributed by atoms with van der Waals surface area (Å²) >= 11 is 0. The fraction of sp³-hybridized carbons (Fsp3) is 0.100. The number of hydrogen-bond donors (Lipinski definition) is 1. The summed E-state index contributed by atoms with van der Waals surface area (Å²) in [6.07, 6.45) is 9.00. The third kappa shape index (κ3) is 1.54. The minimum absolute atomic E-state index is 0.299. The molecule has 0 bridgehead atoms. The Morgan fingerprint density at radius 3 is 2.64 bits per heavy atom. The third-order valence-corrected chi connectivity index (χ3v) is 2.03. The van der Waals surface area contributed by atoms with Crippen LogP contribution in [0.4, 0.5) is 0 Å². The maximum Gasteiger partial charge on any atom is 0.335 e. The molecular formula is C10H8N2O2. The molecule has 0 amide bonds. The molecule has 14 heavy (non-hydrogen) atoms. The van der Waals surface area contributed by atoms with E-state index >= 15 is 0 Å². The third-order valence-electron chi connectivity index (χ3n) is 2.03. The van der Waals surface area contributed by atoms with Crippen molar-refractivity contribution >= 4 is 18.1 Å². The van der Waals surface area contributed by atoms with Crippen molar-refractivity contribution < 1.29 is 9.90 Å². The topological polar surface area (TPSA) is 63.1 Å². The van der Waals surface area contributed by atoms with Gasteiger partial charge in [-0.3, -0.25) is 0 Å². The molecular weight excluding hydrogens is 180 g/mol. The van der Waals surface area contributed by atoms with Crippen LogP contribution < -0.4 is 10.4 Å². The van der Waals surface area contributed by atoms with Gasteiger partial charge in [0.1, 0.15) is 0 Å². The van der Waals surface area contributed by atoms with E-state index in [0.717, 1.165) is 10.4 Å². The van der Waals surface area contributed by atoms with E-state index in [2.05, 4.69) is 10.2 Å². The maximum atomic E-state index is 10.8. The van der Waals surface area contributed by atoms with E-state index in [4.69, 9.17) is 5.11 Å². The van der Waals surface area contributed by atoms with Crippen LogP contribution in [0.3, 0.4) is 0 Å². The quantitative estimate of drug-likeness (QED) is 0.642. The van der Waals surface area contributed by atoms with Crippen LogP contribution in [0.2, 0.25) is 0 Å². The molecule has 0 aromatic carbocycles. The largest absolute Gasteiger partial charge is 0.478 e. The molecule has 4 nitrogen and oxygen atoms in total. The number of fused-ring (bicyclic) bond motifs is 1. The Morgan fingerprint density at radius 1 is 1.21 bits per heavy atom. The second-order valence-electron chi connectivity index (χ2n) is 2.95.